The number of alkyl carbamates (subject to hydrolysis) is 1. The molecule has 4 bridgehead atoms. The molecular weight excluding hydrogens is 606 g/mol. The summed E-state index contributed by atoms with van der Waals surface area (Å²) in [6.45, 7) is 7.17. The van der Waals surface area contributed by atoms with Gasteiger partial charge in [0.2, 0.25) is 5.91 Å². The molecule has 12 nitrogen and oxygen atoms in total. The molecule has 1 aromatic rings. The number of rotatable bonds is 5. The van der Waals surface area contributed by atoms with Gasteiger partial charge >= 0.3 is 12.1 Å². The summed E-state index contributed by atoms with van der Waals surface area (Å²) in [5.41, 5.74) is -0.646. The number of epoxide rings is 1. The molecule has 4 rings (SSSR count). The third-order valence-electron chi connectivity index (χ3n) is 9.00. The fourth-order valence-corrected chi connectivity index (χ4v) is 6.28. The Bertz CT molecular complexity index is 1370. The highest BCUT2D eigenvalue weighted by molar-refractivity contribution is 6.35. The number of hydrogen-bond donors (Lipinski definition) is 3. The van der Waals surface area contributed by atoms with Gasteiger partial charge in [0.25, 0.3) is 0 Å². The quantitative estimate of drug-likeness (QED) is 0.321. The standard InChI is InChI=1S/C32H44ClN3O9/c1-17-10-9-11-24(42-8)32(40)16-23(43-30(39)35-32)18(2)28-31(4,45-28)25(44-29(38)19(3)34-5)15-26(37)36(6)21-13-20(12-17)14-22(41-7)27(21)33/h9-11,13-14,18-19,23-25,28,34,40H,12,15-16H2,1-8H3,(H,35,39)/b11-9+,17-10+/t18?,19-,23-,24+,25-,28?,31-,32-/m0/s1. The summed E-state index contributed by atoms with van der Waals surface area (Å²) < 4.78 is 28.8. The average molecular weight is 650 g/mol. The fraction of sp³-hybridized carbons (Fsp3) is 0.594. The van der Waals surface area contributed by atoms with Crippen LogP contribution in [-0.2, 0) is 35.0 Å². The van der Waals surface area contributed by atoms with Crippen LogP contribution in [0.25, 0.3) is 0 Å². The van der Waals surface area contributed by atoms with E-state index in [0.29, 0.717) is 17.9 Å². The first-order valence-corrected chi connectivity index (χ1v) is 15.3. The Hall–Kier alpha value is -3.16. The summed E-state index contributed by atoms with van der Waals surface area (Å²) >= 11 is 6.69. The molecule has 0 saturated carbocycles. The zero-order chi connectivity index (χ0) is 33.3. The van der Waals surface area contributed by atoms with Crippen LogP contribution in [0.15, 0.2) is 35.9 Å². The third-order valence-corrected chi connectivity index (χ3v) is 9.38. The van der Waals surface area contributed by atoms with E-state index < -0.39 is 59.8 Å². The van der Waals surface area contributed by atoms with E-state index in [9.17, 15) is 19.5 Å². The summed E-state index contributed by atoms with van der Waals surface area (Å²) in [5.74, 6) is -0.974. The molecule has 3 N–H and O–H groups in total. The van der Waals surface area contributed by atoms with Crippen molar-refractivity contribution in [2.45, 2.75) is 88.7 Å². The maximum atomic E-state index is 13.8. The van der Waals surface area contributed by atoms with E-state index in [4.69, 9.17) is 35.3 Å². The lowest BCUT2D eigenvalue weighted by Gasteiger charge is -2.42. The van der Waals surface area contributed by atoms with Crippen LogP contribution in [0.5, 0.6) is 5.75 Å². The number of aliphatic hydroxyl groups is 1. The molecule has 3 aliphatic heterocycles. The summed E-state index contributed by atoms with van der Waals surface area (Å²) in [5, 5.41) is 17.2. The van der Waals surface area contributed by atoms with Crippen molar-refractivity contribution in [1.29, 1.82) is 0 Å². The molecule has 0 spiro atoms. The number of nitrogens with one attached hydrogen (secondary N) is 2. The molecule has 2 saturated heterocycles. The minimum Gasteiger partial charge on any atom is -0.495 e. The van der Waals surface area contributed by atoms with Crippen LogP contribution in [0.4, 0.5) is 10.5 Å². The van der Waals surface area contributed by atoms with Gasteiger partial charge in [-0.15, -0.1) is 0 Å². The van der Waals surface area contributed by atoms with Crippen LogP contribution < -0.4 is 20.3 Å². The SMILES string of the molecule is CN[C@@H](C)C(=O)O[C@H]1CC(=O)N(C)c2cc(cc(OC)c2Cl)C/C(C)=C/C=C/[C@@H](OC)[C@@]2(O)C[C@H](OC(=O)N2)C(C)C2O[C@]21C. The Labute approximate surface area is 269 Å². The molecule has 1 aromatic carbocycles. The van der Waals surface area contributed by atoms with Crippen molar-refractivity contribution in [1.82, 2.24) is 10.6 Å². The number of halogens is 1. The fourth-order valence-electron chi connectivity index (χ4n) is 5.97. The molecule has 0 aromatic heterocycles. The van der Waals surface area contributed by atoms with Gasteiger partial charge in [-0.25, -0.2) is 4.79 Å². The minimum absolute atomic E-state index is 0.00553. The number of benzene rings is 1. The first kappa shape index (κ1) is 34.7. The molecule has 3 aliphatic rings. The van der Waals surface area contributed by atoms with Crippen LogP contribution in [0.2, 0.25) is 5.02 Å². The summed E-state index contributed by atoms with van der Waals surface area (Å²) in [6.07, 6.45) is 1.52. The van der Waals surface area contributed by atoms with Crippen molar-refractivity contribution in [2.75, 3.05) is 33.2 Å². The topological polar surface area (TPSA) is 148 Å². The summed E-state index contributed by atoms with van der Waals surface area (Å²) in [4.78, 5) is 40.9. The predicted molar refractivity (Wildman–Crippen MR) is 167 cm³/mol. The van der Waals surface area contributed by atoms with E-state index >= 15 is 0 Å². The van der Waals surface area contributed by atoms with Crippen LogP contribution in [0.3, 0.4) is 0 Å². The van der Waals surface area contributed by atoms with Crippen molar-refractivity contribution >= 4 is 35.3 Å². The number of carbonyl (C=O) groups is 3. The zero-order valence-corrected chi connectivity index (χ0v) is 27.8. The number of fused-ring (bicyclic) bond motifs is 5. The maximum absolute atomic E-state index is 13.8. The van der Waals surface area contributed by atoms with Gasteiger partial charge in [0.1, 0.15) is 40.7 Å². The molecule has 0 aliphatic carbocycles. The van der Waals surface area contributed by atoms with E-state index in [1.54, 1.807) is 46.2 Å². The Morgan fingerprint density at radius 1 is 1.29 bits per heavy atom. The van der Waals surface area contributed by atoms with Gasteiger partial charge in [0.15, 0.2) is 5.72 Å². The lowest BCUT2D eigenvalue weighted by molar-refractivity contribution is -0.155. The Balaban J connectivity index is 1.80. The van der Waals surface area contributed by atoms with E-state index in [1.165, 1.54) is 19.1 Å². The van der Waals surface area contributed by atoms with E-state index in [2.05, 4.69) is 10.6 Å². The van der Waals surface area contributed by atoms with Crippen molar-refractivity contribution < 1.29 is 43.2 Å². The van der Waals surface area contributed by atoms with Gasteiger partial charge in [0.05, 0.1) is 25.3 Å². The first-order valence-electron chi connectivity index (χ1n) is 14.9. The van der Waals surface area contributed by atoms with Crippen LogP contribution >= 0.6 is 11.6 Å². The number of nitrogens with zero attached hydrogens (tertiary/aromatic N) is 1. The highest BCUT2D eigenvalue weighted by Crippen LogP contribution is 2.49. The second kappa shape index (κ2) is 13.7. The van der Waals surface area contributed by atoms with Crippen molar-refractivity contribution in [3.8, 4) is 5.75 Å². The lowest BCUT2D eigenvalue weighted by Crippen LogP contribution is -2.63. The van der Waals surface area contributed by atoms with E-state index in [1.807, 2.05) is 26.0 Å². The second-order valence-corrected chi connectivity index (χ2v) is 12.6. The molecule has 13 heteroatoms. The molecule has 3 heterocycles. The average Bonchev–Trinajstić information content (AvgIpc) is 3.69. The monoisotopic (exact) mass is 649 g/mol. The number of esters is 1. The number of allylic oxidation sites excluding steroid dienone is 3. The predicted octanol–water partition coefficient (Wildman–Crippen LogP) is 3.28. The molecule has 2 unspecified atom stereocenters. The number of amides is 2. The summed E-state index contributed by atoms with van der Waals surface area (Å²) in [7, 11) is 6.18. The van der Waals surface area contributed by atoms with Crippen LogP contribution in [0, 0.1) is 5.92 Å². The Morgan fingerprint density at radius 2 is 2.00 bits per heavy atom. The third kappa shape index (κ3) is 7.30. The number of likely N-dealkylation sites (N-methyl/N-ethyl adjacent to an activating group) is 1. The van der Waals surface area contributed by atoms with Gasteiger partial charge in [0, 0.05) is 26.5 Å². The van der Waals surface area contributed by atoms with E-state index in [0.717, 1.165) is 11.1 Å². The van der Waals surface area contributed by atoms with Crippen LogP contribution in [-0.4, -0.2) is 93.2 Å². The van der Waals surface area contributed by atoms with E-state index in [-0.39, 0.29) is 23.8 Å². The second-order valence-electron chi connectivity index (χ2n) is 12.2. The van der Waals surface area contributed by atoms with Gasteiger partial charge in [-0.3, -0.25) is 14.9 Å². The van der Waals surface area contributed by atoms with Gasteiger partial charge < -0.3 is 39.0 Å². The van der Waals surface area contributed by atoms with Gasteiger partial charge in [-0.2, -0.15) is 0 Å². The normalized spacial score (nSPS) is 34.8. The molecular formula is C32H44ClN3O9. The smallest absolute Gasteiger partial charge is 0.409 e. The summed E-state index contributed by atoms with van der Waals surface area (Å²) in [6, 6.07) is 2.99. The van der Waals surface area contributed by atoms with Crippen LogP contribution in [0.1, 0.15) is 46.1 Å². The van der Waals surface area contributed by atoms with Gasteiger partial charge in [-0.05, 0) is 51.9 Å². The number of anilines is 1. The highest BCUT2D eigenvalue weighted by Gasteiger charge is 2.64. The largest absolute Gasteiger partial charge is 0.495 e. The molecule has 8 atom stereocenters. The molecule has 0 radical (unpaired) electrons. The number of ether oxygens (including phenoxy) is 5. The number of carbonyl (C=O) groups excluding carboxylic acids is 3. The van der Waals surface area contributed by atoms with Crippen molar-refractivity contribution in [3.63, 3.8) is 0 Å². The number of methoxy groups -OCH3 is 2. The van der Waals surface area contributed by atoms with Gasteiger partial charge in [-0.1, -0.05) is 42.3 Å². The zero-order valence-electron chi connectivity index (χ0n) is 27.0. The molecule has 248 valence electrons. The Morgan fingerprint density at radius 3 is 2.64 bits per heavy atom. The van der Waals surface area contributed by atoms with Crippen molar-refractivity contribution in [3.05, 3.63) is 46.5 Å². The van der Waals surface area contributed by atoms with Crippen molar-refractivity contribution in [2.24, 2.45) is 5.92 Å². The first-order chi connectivity index (χ1) is 21.2. The Kier molecular flexibility index (Phi) is 10.6. The lowest BCUT2D eigenvalue weighted by atomic mass is 9.83. The molecule has 2 amide bonds. The molecule has 2 fully saturated rings. The minimum atomic E-state index is -1.78. The highest BCUT2D eigenvalue weighted by atomic mass is 35.5. The maximum Gasteiger partial charge on any atom is 0.409 e. The number of hydrogen-bond acceptors (Lipinski definition) is 10. The molecule has 45 heavy (non-hydrogen) atoms.